The molecule has 0 amide bonds. The summed E-state index contributed by atoms with van der Waals surface area (Å²) >= 11 is -0.839. The normalized spacial score (nSPS) is 10.2. The van der Waals surface area contributed by atoms with Crippen LogP contribution in [0.3, 0.4) is 0 Å². The number of methoxy groups -OCH3 is 1. The van der Waals surface area contributed by atoms with Gasteiger partial charge in [-0.15, -0.1) is 0 Å². The van der Waals surface area contributed by atoms with Gasteiger partial charge in [0.15, 0.2) is 0 Å². The van der Waals surface area contributed by atoms with E-state index in [0.29, 0.717) is 19.8 Å². The molecule has 0 aliphatic heterocycles. The topological polar surface area (TPSA) is 67.8 Å². The van der Waals surface area contributed by atoms with Crippen molar-refractivity contribution < 1.29 is 24.1 Å². The predicted molar refractivity (Wildman–Crippen MR) is 103 cm³/mol. The van der Waals surface area contributed by atoms with E-state index >= 15 is 0 Å². The van der Waals surface area contributed by atoms with Gasteiger partial charge in [-0.25, -0.2) is 0 Å². The maximum absolute atomic E-state index is 9.84. The van der Waals surface area contributed by atoms with Gasteiger partial charge < -0.3 is 24.1 Å². The number of carboxylic acids is 1. The van der Waals surface area contributed by atoms with Crippen molar-refractivity contribution >= 4 is 25.7 Å². The van der Waals surface area contributed by atoms with Crippen LogP contribution in [0.4, 0.5) is 0 Å². The van der Waals surface area contributed by atoms with Crippen molar-refractivity contribution in [2.24, 2.45) is 0 Å². The Hall–Kier alpha value is 0.149. The monoisotopic (exact) mass is 468 g/mol. The third kappa shape index (κ3) is 26.5. The molecule has 5 nitrogen and oxygen atoms in total. The molecule has 0 atom stereocenters. The first-order chi connectivity index (χ1) is 12.1. The molecular weight excluding hydrogens is 427 g/mol. The third-order valence-electron chi connectivity index (χ3n) is 3.68. The molecule has 0 rings (SSSR count). The van der Waals surface area contributed by atoms with Gasteiger partial charge in [0.2, 0.25) is 0 Å². The number of carboxylic acid groups (broad SMARTS) is 1. The van der Waals surface area contributed by atoms with Crippen LogP contribution in [-0.2, 0) is 19.0 Å². The second kappa shape index (κ2) is 24.1. The Morgan fingerprint density at radius 2 is 1.24 bits per heavy atom. The maximum Gasteiger partial charge on any atom is 0.0862 e. The van der Waals surface area contributed by atoms with Crippen molar-refractivity contribution in [3.8, 4) is 0 Å². The summed E-state index contributed by atoms with van der Waals surface area (Å²) in [5.41, 5.74) is 0. The quantitative estimate of drug-likeness (QED) is 0.243. The van der Waals surface area contributed by atoms with Crippen LogP contribution in [0, 0.1) is 0 Å². The average Bonchev–Trinajstić information content (AvgIpc) is 2.60. The number of carbonyl (C=O) groups is 1. The Morgan fingerprint density at radius 3 is 1.64 bits per heavy atom. The maximum atomic E-state index is 9.84. The van der Waals surface area contributed by atoms with Crippen LogP contribution < -0.4 is 5.11 Å². The molecule has 0 radical (unpaired) electrons. The number of unbranched alkanes of at least 4 members (excludes halogenated alkanes) is 3. The minimum atomic E-state index is -1.22. The summed E-state index contributed by atoms with van der Waals surface area (Å²) in [6, 6.07) is 0. The Morgan fingerprint density at radius 1 is 0.800 bits per heavy atom. The van der Waals surface area contributed by atoms with Crippen LogP contribution in [-0.4, -0.2) is 65.9 Å². The zero-order valence-corrected chi connectivity index (χ0v) is 19.8. The largest absolute Gasteiger partial charge is 0.548 e. The van der Waals surface area contributed by atoms with Gasteiger partial charge in [-0.05, 0) is 0 Å². The van der Waals surface area contributed by atoms with E-state index in [1.54, 1.807) is 20.4 Å². The van der Waals surface area contributed by atoms with E-state index in [2.05, 4.69) is 25.5 Å². The number of aliphatic carboxylic acids is 1. The minimum Gasteiger partial charge on any atom is -0.548 e. The molecule has 25 heavy (non-hydrogen) atoms. The van der Waals surface area contributed by atoms with Crippen LogP contribution in [0.2, 0.25) is 13.3 Å². The van der Waals surface area contributed by atoms with Gasteiger partial charge in [0.25, 0.3) is 0 Å². The fourth-order valence-electron chi connectivity index (χ4n) is 2.17. The van der Waals surface area contributed by atoms with Gasteiger partial charge in [0.1, 0.15) is 0 Å². The molecule has 150 valence electrons. The van der Waals surface area contributed by atoms with Crippen molar-refractivity contribution in [2.45, 2.75) is 72.6 Å². The summed E-state index contributed by atoms with van der Waals surface area (Å²) in [5.74, 6) is -1.22. The molecule has 0 aliphatic rings. The van der Waals surface area contributed by atoms with E-state index in [1.807, 2.05) is 0 Å². The number of rotatable bonds is 17. The van der Waals surface area contributed by atoms with Crippen LogP contribution in [0.1, 0.15) is 59.3 Å². The zero-order chi connectivity index (χ0) is 19.2. The number of ether oxygens (including phenoxy) is 3. The average molecular weight is 467 g/mol. The Balaban J connectivity index is 0. The van der Waals surface area contributed by atoms with Gasteiger partial charge in [0, 0.05) is 7.11 Å². The van der Waals surface area contributed by atoms with E-state index in [9.17, 15) is 9.90 Å². The van der Waals surface area contributed by atoms with Crippen molar-refractivity contribution in [1.82, 2.24) is 0 Å². The molecule has 6 heteroatoms. The van der Waals surface area contributed by atoms with E-state index in [-0.39, 0.29) is 13.2 Å². The van der Waals surface area contributed by atoms with Gasteiger partial charge in [-0.2, -0.15) is 0 Å². The number of hydrogen-bond donors (Lipinski definition) is 0. The standard InChI is InChI=1S/C7H14O5.3C4H9.Sn/c1-10-2-3-11-4-5-12-6-7(8)9;3*1-3-4-2;/h2-6H2,1H3,(H,8,9);3*1,3-4H2,2H3;/q;;;;+1/p-1. The molecule has 0 bridgehead atoms. The van der Waals surface area contributed by atoms with E-state index < -0.39 is 25.7 Å². The summed E-state index contributed by atoms with van der Waals surface area (Å²) in [5, 5.41) is 9.84. The van der Waals surface area contributed by atoms with Gasteiger partial charge >= 0.3 is 92.4 Å². The molecule has 0 aromatic rings. The molecule has 0 saturated carbocycles. The van der Waals surface area contributed by atoms with Crippen LogP contribution in [0.15, 0.2) is 0 Å². The Bertz CT molecular complexity index is 245. The first-order valence-corrected chi connectivity index (χ1v) is 15.8. The summed E-state index contributed by atoms with van der Waals surface area (Å²) in [4.78, 5) is 9.84. The third-order valence-corrected chi connectivity index (χ3v) is 12.8. The molecule has 0 aromatic heterocycles. The van der Waals surface area contributed by atoms with Crippen molar-refractivity contribution in [3.63, 3.8) is 0 Å². The molecular formula is C19H40O5Sn. The summed E-state index contributed by atoms with van der Waals surface area (Å²) in [6.45, 7) is 8.27. The summed E-state index contributed by atoms with van der Waals surface area (Å²) < 4.78 is 19.4. The fraction of sp³-hybridized carbons (Fsp3) is 0.947. The molecule has 0 spiro atoms. The van der Waals surface area contributed by atoms with E-state index in [4.69, 9.17) is 9.47 Å². The molecule has 0 saturated heterocycles. The first-order valence-electron chi connectivity index (χ1n) is 9.80. The predicted octanol–water partition coefficient (Wildman–Crippen LogP) is 3.30. The summed E-state index contributed by atoms with van der Waals surface area (Å²) in [7, 11) is 1.58. The zero-order valence-electron chi connectivity index (χ0n) is 16.9. The molecule has 0 aliphatic carbocycles. The Kier molecular flexibility index (Phi) is 26.4. The van der Waals surface area contributed by atoms with Gasteiger partial charge in [-0.3, -0.25) is 0 Å². The smallest absolute Gasteiger partial charge is 0.0862 e. The number of hydrogen-bond acceptors (Lipinski definition) is 5. The molecule has 0 fully saturated rings. The van der Waals surface area contributed by atoms with Gasteiger partial charge in [-0.1, -0.05) is 0 Å². The molecule has 0 N–H and O–H groups in total. The fourth-order valence-corrected chi connectivity index (χ4v) is 11.6. The molecule has 0 heterocycles. The van der Waals surface area contributed by atoms with Crippen molar-refractivity contribution in [1.29, 1.82) is 0 Å². The number of carbonyl (C=O) groups excluding carboxylic acids is 1. The second-order valence-electron chi connectivity index (χ2n) is 6.09. The Labute approximate surface area is 162 Å². The molecule has 0 aromatic carbocycles. The summed E-state index contributed by atoms with van der Waals surface area (Å²) in [6.07, 6.45) is 8.85. The van der Waals surface area contributed by atoms with Crippen molar-refractivity contribution in [2.75, 3.05) is 40.1 Å². The van der Waals surface area contributed by atoms with Crippen LogP contribution in [0.5, 0.6) is 0 Å². The van der Waals surface area contributed by atoms with Crippen LogP contribution >= 0.6 is 0 Å². The minimum absolute atomic E-state index is 0.262. The molecule has 0 unspecified atom stereocenters. The van der Waals surface area contributed by atoms with Gasteiger partial charge in [0.05, 0.1) is 39.0 Å². The second-order valence-corrected chi connectivity index (χ2v) is 14.7. The van der Waals surface area contributed by atoms with Crippen LogP contribution in [0.25, 0.3) is 0 Å². The van der Waals surface area contributed by atoms with Crippen molar-refractivity contribution in [3.05, 3.63) is 0 Å². The van der Waals surface area contributed by atoms with E-state index in [0.717, 1.165) is 0 Å². The first kappa shape index (κ1) is 27.4. The SMILES string of the molecule is CCC[CH2][Sn+]([CH2]CCC)[CH2]CCC.COCCOCCOCC(=O)[O-]. The van der Waals surface area contributed by atoms with E-state index in [1.165, 1.54) is 38.5 Å².